The summed E-state index contributed by atoms with van der Waals surface area (Å²) in [4.78, 5) is 0. The van der Waals surface area contributed by atoms with E-state index in [0.29, 0.717) is 5.92 Å². The summed E-state index contributed by atoms with van der Waals surface area (Å²) in [6.07, 6.45) is 1.03. The van der Waals surface area contributed by atoms with Crippen LogP contribution in [0.4, 0.5) is 0 Å². The Morgan fingerprint density at radius 2 is 1.94 bits per heavy atom. The van der Waals surface area contributed by atoms with E-state index in [1.165, 1.54) is 5.56 Å². The maximum absolute atomic E-state index is 6.01. The molecule has 1 aromatic carbocycles. The summed E-state index contributed by atoms with van der Waals surface area (Å²) < 4.78 is 11.9. The molecule has 2 nitrogen and oxygen atoms in total. The van der Waals surface area contributed by atoms with Gasteiger partial charge in [-0.1, -0.05) is 32.9 Å². The Balaban J connectivity index is 2.61. The van der Waals surface area contributed by atoms with Crippen LogP contribution in [0.25, 0.3) is 0 Å². The fraction of sp³-hybridized carbons (Fsp3) is 0.571. The van der Waals surface area contributed by atoms with Crippen LogP contribution in [0.15, 0.2) is 24.3 Å². The second-order valence-corrected chi connectivity index (χ2v) is 8.50. The first-order valence-electron chi connectivity index (χ1n) is 6.35. The lowest BCUT2D eigenvalue weighted by atomic mass is 10.2. The molecule has 0 aliphatic rings. The first-order chi connectivity index (χ1) is 7.93. The Kier molecular flexibility index (Phi) is 5.21. The number of hydrogen-bond donors (Lipinski definition) is 0. The lowest BCUT2D eigenvalue weighted by Crippen LogP contribution is -2.39. The molecule has 1 aromatic rings. The molecule has 0 aliphatic heterocycles. The first kappa shape index (κ1) is 14.3. The summed E-state index contributed by atoms with van der Waals surface area (Å²) in [5.74, 6) is 1.48. The zero-order valence-electron chi connectivity index (χ0n) is 11.6. The largest absolute Gasteiger partial charge is 0.520 e. The van der Waals surface area contributed by atoms with E-state index < -0.39 is 8.56 Å². The molecule has 0 heterocycles. The molecule has 3 heteroatoms. The zero-order chi connectivity index (χ0) is 12.9. The highest BCUT2D eigenvalue weighted by Crippen LogP contribution is 2.19. The van der Waals surface area contributed by atoms with Crippen LogP contribution in [0.1, 0.15) is 26.3 Å². The minimum absolute atomic E-state index is 0.548. The van der Waals surface area contributed by atoms with Crippen molar-refractivity contribution in [1.29, 1.82) is 0 Å². The van der Waals surface area contributed by atoms with Gasteiger partial charge in [0, 0.05) is 6.61 Å². The van der Waals surface area contributed by atoms with E-state index in [4.69, 9.17) is 8.85 Å². The van der Waals surface area contributed by atoms with E-state index in [1.54, 1.807) is 0 Å². The Hall–Kier alpha value is -0.803. The lowest BCUT2D eigenvalue weighted by Gasteiger charge is -2.25. The molecule has 0 bridgehead atoms. The van der Waals surface area contributed by atoms with E-state index >= 15 is 0 Å². The first-order valence-corrected chi connectivity index (χ1v) is 9.16. The molecule has 0 amide bonds. The molecular formula is C14H24O2Si. The van der Waals surface area contributed by atoms with Crippen LogP contribution >= 0.6 is 0 Å². The van der Waals surface area contributed by atoms with Crippen molar-refractivity contribution in [2.45, 2.75) is 40.3 Å². The van der Waals surface area contributed by atoms with Crippen LogP contribution in [0, 0.1) is 5.92 Å². The Morgan fingerprint density at radius 3 is 2.53 bits per heavy atom. The van der Waals surface area contributed by atoms with E-state index in [0.717, 1.165) is 18.8 Å². The predicted octanol–water partition coefficient (Wildman–Crippen LogP) is 4.00. The molecule has 96 valence electrons. The van der Waals surface area contributed by atoms with Crippen LogP contribution in [0.5, 0.6) is 5.75 Å². The summed E-state index contributed by atoms with van der Waals surface area (Å²) >= 11 is 0. The second kappa shape index (κ2) is 6.22. The van der Waals surface area contributed by atoms with Crippen molar-refractivity contribution in [3.63, 3.8) is 0 Å². The predicted molar refractivity (Wildman–Crippen MR) is 74.7 cm³/mol. The zero-order valence-corrected chi connectivity index (χ0v) is 12.6. The van der Waals surface area contributed by atoms with Crippen molar-refractivity contribution in [2.75, 3.05) is 6.61 Å². The Bertz CT molecular complexity index is 348. The third-order valence-corrected chi connectivity index (χ3v) is 4.02. The maximum Gasteiger partial charge on any atom is 0.392 e. The molecule has 0 saturated carbocycles. The standard InChI is InChI=1S/C14H24O2Si/c1-6-13-8-7-9-14(10-13)16-17(4,5)15-11-12(2)3/h7-10,12H,6,11H2,1-5H3. The maximum atomic E-state index is 6.01. The molecular weight excluding hydrogens is 228 g/mol. The Labute approximate surface area is 106 Å². The third-order valence-electron chi connectivity index (χ3n) is 2.43. The molecule has 0 unspecified atom stereocenters. The van der Waals surface area contributed by atoms with Crippen molar-refractivity contribution >= 4 is 8.56 Å². The average Bonchev–Trinajstić information content (AvgIpc) is 2.26. The minimum atomic E-state index is -2.04. The molecule has 0 radical (unpaired) electrons. The van der Waals surface area contributed by atoms with Crippen LogP contribution in [0.2, 0.25) is 13.1 Å². The monoisotopic (exact) mass is 252 g/mol. The normalized spacial score (nSPS) is 11.9. The highest BCUT2D eigenvalue weighted by molar-refractivity contribution is 6.65. The van der Waals surface area contributed by atoms with Crippen LogP contribution < -0.4 is 4.43 Å². The minimum Gasteiger partial charge on any atom is -0.520 e. The van der Waals surface area contributed by atoms with Gasteiger partial charge in [0.25, 0.3) is 0 Å². The van der Waals surface area contributed by atoms with E-state index in [9.17, 15) is 0 Å². The average molecular weight is 252 g/mol. The molecule has 1 rings (SSSR count). The van der Waals surface area contributed by atoms with E-state index in [2.05, 4.69) is 46.0 Å². The number of aryl methyl sites for hydroxylation is 1. The second-order valence-electron chi connectivity index (χ2n) is 5.21. The van der Waals surface area contributed by atoms with Crippen LogP contribution in [-0.2, 0) is 10.8 Å². The quantitative estimate of drug-likeness (QED) is 0.712. The van der Waals surface area contributed by atoms with Crippen molar-refractivity contribution in [1.82, 2.24) is 0 Å². The van der Waals surface area contributed by atoms with E-state index in [-0.39, 0.29) is 0 Å². The van der Waals surface area contributed by atoms with Gasteiger partial charge in [0.2, 0.25) is 0 Å². The fourth-order valence-electron chi connectivity index (χ4n) is 1.51. The number of hydrogen-bond acceptors (Lipinski definition) is 2. The van der Waals surface area contributed by atoms with Gasteiger partial charge >= 0.3 is 8.56 Å². The highest BCUT2D eigenvalue weighted by Gasteiger charge is 2.27. The van der Waals surface area contributed by atoms with Gasteiger partial charge < -0.3 is 8.85 Å². The van der Waals surface area contributed by atoms with Gasteiger partial charge in [-0.25, -0.2) is 0 Å². The molecule has 0 spiro atoms. The van der Waals surface area contributed by atoms with Gasteiger partial charge in [0.1, 0.15) is 5.75 Å². The molecule has 0 fully saturated rings. The van der Waals surface area contributed by atoms with Gasteiger partial charge in [-0.3, -0.25) is 0 Å². The smallest absolute Gasteiger partial charge is 0.392 e. The SMILES string of the molecule is CCc1cccc(O[Si](C)(C)OCC(C)C)c1. The van der Waals surface area contributed by atoms with Crippen molar-refractivity contribution in [2.24, 2.45) is 5.92 Å². The van der Waals surface area contributed by atoms with Gasteiger partial charge in [-0.2, -0.15) is 0 Å². The summed E-state index contributed by atoms with van der Waals surface area (Å²) in [6, 6.07) is 8.28. The topological polar surface area (TPSA) is 18.5 Å². The summed E-state index contributed by atoms with van der Waals surface area (Å²) in [6.45, 7) is 11.4. The fourth-order valence-corrected chi connectivity index (χ4v) is 3.00. The number of rotatable bonds is 6. The van der Waals surface area contributed by atoms with Gasteiger partial charge in [0.15, 0.2) is 0 Å². The number of benzene rings is 1. The molecule has 0 aromatic heterocycles. The molecule has 17 heavy (non-hydrogen) atoms. The Morgan fingerprint density at radius 1 is 1.24 bits per heavy atom. The summed E-state index contributed by atoms with van der Waals surface area (Å²) in [5, 5.41) is 0. The third kappa shape index (κ3) is 5.37. The van der Waals surface area contributed by atoms with E-state index in [1.807, 2.05) is 12.1 Å². The van der Waals surface area contributed by atoms with Crippen molar-refractivity contribution in [3.8, 4) is 5.75 Å². The molecule has 0 atom stereocenters. The van der Waals surface area contributed by atoms with Gasteiger partial charge in [0.05, 0.1) is 0 Å². The van der Waals surface area contributed by atoms with Gasteiger partial charge in [-0.05, 0) is 43.1 Å². The highest BCUT2D eigenvalue weighted by atomic mass is 28.4. The van der Waals surface area contributed by atoms with Crippen molar-refractivity contribution < 1.29 is 8.85 Å². The molecule has 0 saturated heterocycles. The van der Waals surface area contributed by atoms with Crippen LogP contribution in [-0.4, -0.2) is 15.2 Å². The molecule has 0 aliphatic carbocycles. The van der Waals surface area contributed by atoms with Gasteiger partial charge in [-0.15, -0.1) is 0 Å². The lowest BCUT2D eigenvalue weighted by molar-refractivity contribution is 0.216. The van der Waals surface area contributed by atoms with Crippen molar-refractivity contribution in [3.05, 3.63) is 29.8 Å². The summed E-state index contributed by atoms with van der Waals surface area (Å²) in [7, 11) is -2.04. The van der Waals surface area contributed by atoms with Crippen LogP contribution in [0.3, 0.4) is 0 Å². The molecule has 0 N–H and O–H groups in total. The summed E-state index contributed by atoms with van der Waals surface area (Å²) in [5.41, 5.74) is 1.30.